The van der Waals surface area contributed by atoms with Crippen LogP contribution in [0.1, 0.15) is 11.1 Å². The molecule has 2 aromatic carbocycles. The number of rotatable bonds is 4. The monoisotopic (exact) mass is 276 g/mol. The third kappa shape index (κ3) is 3.04. The Morgan fingerprint density at radius 3 is 2.43 bits per heavy atom. The zero-order valence-electron chi connectivity index (χ0n) is 11.1. The predicted molar refractivity (Wildman–Crippen MR) is 77.6 cm³/mol. The van der Waals surface area contributed by atoms with Gasteiger partial charge in [0.05, 0.1) is 17.3 Å². The van der Waals surface area contributed by atoms with Gasteiger partial charge < -0.3 is 5.32 Å². The highest BCUT2D eigenvalue weighted by Crippen LogP contribution is 2.13. The number of hydrogen-bond donors (Lipinski definition) is 1. The van der Waals surface area contributed by atoms with Gasteiger partial charge in [0.1, 0.15) is 6.33 Å². The lowest BCUT2D eigenvalue weighted by Crippen LogP contribution is -2.00. The van der Waals surface area contributed by atoms with E-state index in [2.05, 4.69) is 26.9 Å². The molecule has 1 aromatic heterocycles. The molecule has 0 unspecified atom stereocenters. The summed E-state index contributed by atoms with van der Waals surface area (Å²) in [5.41, 5.74) is 3.71. The molecule has 0 radical (unpaired) electrons. The number of tetrazole rings is 1. The summed E-state index contributed by atoms with van der Waals surface area (Å²) in [6.07, 6.45) is 1.55. The summed E-state index contributed by atoms with van der Waals surface area (Å²) < 4.78 is 1.60. The van der Waals surface area contributed by atoms with Crippen LogP contribution in [0.15, 0.2) is 54.9 Å². The minimum Gasteiger partial charge on any atom is -0.381 e. The van der Waals surface area contributed by atoms with Crippen LogP contribution < -0.4 is 5.32 Å². The Morgan fingerprint density at radius 2 is 1.81 bits per heavy atom. The van der Waals surface area contributed by atoms with Crippen molar-refractivity contribution >= 4 is 5.69 Å². The first-order valence-corrected chi connectivity index (χ1v) is 6.41. The highest BCUT2D eigenvalue weighted by molar-refractivity contribution is 5.48. The quantitative estimate of drug-likeness (QED) is 0.789. The summed E-state index contributed by atoms with van der Waals surface area (Å²) in [6, 6.07) is 17.5. The summed E-state index contributed by atoms with van der Waals surface area (Å²) in [5, 5.41) is 23.1. The Morgan fingerprint density at radius 1 is 1.05 bits per heavy atom. The predicted octanol–water partition coefficient (Wildman–Crippen LogP) is 2.15. The van der Waals surface area contributed by atoms with E-state index in [0.29, 0.717) is 12.1 Å². The Kier molecular flexibility index (Phi) is 3.56. The Hall–Kier alpha value is -3.20. The van der Waals surface area contributed by atoms with E-state index < -0.39 is 0 Å². The van der Waals surface area contributed by atoms with E-state index in [0.717, 1.165) is 16.9 Å². The van der Waals surface area contributed by atoms with Crippen molar-refractivity contribution in [2.45, 2.75) is 6.54 Å². The Bertz CT molecular complexity index is 738. The van der Waals surface area contributed by atoms with Gasteiger partial charge in [-0.3, -0.25) is 0 Å². The van der Waals surface area contributed by atoms with Gasteiger partial charge in [-0.15, -0.1) is 5.10 Å². The summed E-state index contributed by atoms with van der Waals surface area (Å²) in [7, 11) is 0. The second kappa shape index (κ2) is 5.84. The van der Waals surface area contributed by atoms with Crippen molar-refractivity contribution in [2.75, 3.05) is 5.32 Å². The van der Waals surface area contributed by atoms with E-state index in [1.54, 1.807) is 11.0 Å². The molecule has 21 heavy (non-hydrogen) atoms. The van der Waals surface area contributed by atoms with Gasteiger partial charge in [0.25, 0.3) is 0 Å². The van der Waals surface area contributed by atoms with Gasteiger partial charge in [-0.05, 0) is 52.4 Å². The molecule has 0 amide bonds. The van der Waals surface area contributed by atoms with Crippen LogP contribution in [0.25, 0.3) is 5.69 Å². The van der Waals surface area contributed by atoms with Crippen molar-refractivity contribution in [3.05, 3.63) is 66.0 Å². The Balaban J connectivity index is 1.64. The van der Waals surface area contributed by atoms with E-state index in [9.17, 15) is 0 Å². The Labute approximate surface area is 121 Å². The normalized spacial score (nSPS) is 10.0. The smallest absolute Gasteiger partial charge is 0.143 e. The molecular formula is C15H12N6. The largest absolute Gasteiger partial charge is 0.381 e. The van der Waals surface area contributed by atoms with Crippen molar-refractivity contribution in [2.24, 2.45) is 0 Å². The molecule has 0 bridgehead atoms. The first-order chi connectivity index (χ1) is 10.3. The molecule has 6 nitrogen and oxygen atoms in total. The maximum atomic E-state index is 8.76. The summed E-state index contributed by atoms with van der Waals surface area (Å²) >= 11 is 0. The molecule has 1 heterocycles. The molecule has 0 atom stereocenters. The fraction of sp³-hybridized carbons (Fsp3) is 0.0667. The first kappa shape index (κ1) is 12.8. The number of hydrogen-bond acceptors (Lipinski definition) is 5. The van der Waals surface area contributed by atoms with E-state index >= 15 is 0 Å². The molecule has 0 fully saturated rings. The van der Waals surface area contributed by atoms with Crippen LogP contribution in [0.5, 0.6) is 0 Å². The minimum atomic E-state index is 0.671. The average molecular weight is 276 g/mol. The van der Waals surface area contributed by atoms with E-state index in [1.807, 2.05) is 48.5 Å². The van der Waals surface area contributed by atoms with Gasteiger partial charge in [0.2, 0.25) is 0 Å². The third-order valence-corrected chi connectivity index (χ3v) is 3.06. The average Bonchev–Trinajstić information content (AvgIpc) is 3.08. The number of benzene rings is 2. The van der Waals surface area contributed by atoms with Crippen molar-refractivity contribution in [3.63, 3.8) is 0 Å². The number of nitrogens with one attached hydrogen (secondary N) is 1. The summed E-state index contributed by atoms with van der Waals surface area (Å²) in [4.78, 5) is 0. The van der Waals surface area contributed by atoms with Gasteiger partial charge in [-0.1, -0.05) is 12.1 Å². The molecule has 0 aliphatic carbocycles. The van der Waals surface area contributed by atoms with Crippen LogP contribution in [0.3, 0.4) is 0 Å². The lowest BCUT2D eigenvalue weighted by Gasteiger charge is -2.07. The molecular weight excluding hydrogens is 264 g/mol. The second-order valence-corrected chi connectivity index (χ2v) is 4.46. The third-order valence-electron chi connectivity index (χ3n) is 3.06. The van der Waals surface area contributed by atoms with Gasteiger partial charge in [-0.25, -0.2) is 4.68 Å². The fourth-order valence-electron chi connectivity index (χ4n) is 1.91. The number of nitrogens with zero attached hydrogens (tertiary/aromatic N) is 5. The van der Waals surface area contributed by atoms with Crippen molar-refractivity contribution in [3.8, 4) is 11.8 Å². The zero-order chi connectivity index (χ0) is 14.5. The van der Waals surface area contributed by atoms with Crippen LogP contribution in [-0.2, 0) is 6.54 Å². The van der Waals surface area contributed by atoms with Crippen LogP contribution in [0, 0.1) is 11.3 Å². The highest BCUT2D eigenvalue weighted by atomic mass is 15.5. The second-order valence-electron chi connectivity index (χ2n) is 4.46. The molecule has 3 aromatic rings. The molecule has 0 spiro atoms. The molecule has 0 saturated carbocycles. The summed E-state index contributed by atoms with van der Waals surface area (Å²) in [6.45, 7) is 0.704. The maximum Gasteiger partial charge on any atom is 0.143 e. The molecule has 1 N–H and O–H groups in total. The van der Waals surface area contributed by atoms with Gasteiger partial charge in [0.15, 0.2) is 0 Å². The zero-order valence-corrected chi connectivity index (χ0v) is 11.1. The highest BCUT2D eigenvalue weighted by Gasteiger charge is 1.99. The van der Waals surface area contributed by atoms with Gasteiger partial charge >= 0.3 is 0 Å². The van der Waals surface area contributed by atoms with Crippen LogP contribution in [0.2, 0.25) is 0 Å². The molecule has 102 valence electrons. The minimum absolute atomic E-state index is 0.671. The number of aromatic nitrogens is 4. The van der Waals surface area contributed by atoms with Crippen molar-refractivity contribution in [1.82, 2.24) is 20.2 Å². The SMILES string of the molecule is N#Cc1ccc(CNc2ccc(-n3cnnn3)cc2)cc1. The topological polar surface area (TPSA) is 79.4 Å². The maximum absolute atomic E-state index is 8.76. The number of nitriles is 1. The van der Waals surface area contributed by atoms with E-state index in [4.69, 9.17) is 5.26 Å². The summed E-state index contributed by atoms with van der Waals surface area (Å²) in [5.74, 6) is 0. The lowest BCUT2D eigenvalue weighted by atomic mass is 10.1. The van der Waals surface area contributed by atoms with Gasteiger partial charge in [-0.2, -0.15) is 5.26 Å². The standard InChI is InChI=1S/C15H12N6/c16-9-12-1-3-13(4-2-12)10-17-14-5-7-15(8-6-14)21-11-18-19-20-21/h1-8,11,17H,10H2. The molecule has 0 aliphatic heterocycles. The lowest BCUT2D eigenvalue weighted by molar-refractivity contribution is 0.789. The molecule has 0 aliphatic rings. The van der Waals surface area contributed by atoms with Crippen LogP contribution in [0.4, 0.5) is 5.69 Å². The van der Waals surface area contributed by atoms with E-state index in [1.165, 1.54) is 0 Å². The first-order valence-electron chi connectivity index (χ1n) is 6.41. The van der Waals surface area contributed by atoms with E-state index in [-0.39, 0.29) is 0 Å². The van der Waals surface area contributed by atoms with Crippen molar-refractivity contribution < 1.29 is 0 Å². The van der Waals surface area contributed by atoms with Crippen LogP contribution in [-0.4, -0.2) is 20.2 Å². The van der Waals surface area contributed by atoms with Gasteiger partial charge in [0, 0.05) is 12.2 Å². The molecule has 6 heteroatoms. The number of anilines is 1. The van der Waals surface area contributed by atoms with Crippen molar-refractivity contribution in [1.29, 1.82) is 5.26 Å². The fourth-order valence-corrected chi connectivity index (χ4v) is 1.91. The molecule has 0 saturated heterocycles. The van der Waals surface area contributed by atoms with Crippen LogP contribution >= 0.6 is 0 Å². The molecule has 3 rings (SSSR count).